The zero-order valence-corrected chi connectivity index (χ0v) is 28.5. The summed E-state index contributed by atoms with van der Waals surface area (Å²) in [5.74, 6) is 0.581. The predicted molar refractivity (Wildman–Crippen MR) is 219 cm³/mol. The van der Waals surface area contributed by atoms with E-state index in [-0.39, 0.29) is 0 Å². The Hall–Kier alpha value is -7.17. The van der Waals surface area contributed by atoms with Gasteiger partial charge < -0.3 is 13.7 Å². The van der Waals surface area contributed by atoms with Crippen LogP contribution in [0.4, 0.5) is 17.1 Å². The summed E-state index contributed by atoms with van der Waals surface area (Å²) in [5.41, 5.74) is 9.64. The lowest BCUT2D eigenvalue weighted by molar-refractivity contribution is 0.623. The van der Waals surface area contributed by atoms with E-state index in [9.17, 15) is 0 Å². The molecule has 0 aliphatic rings. The average molecular weight is 679 g/mol. The Bertz CT molecular complexity index is 3180. The summed E-state index contributed by atoms with van der Waals surface area (Å²) < 4.78 is 13.1. The fourth-order valence-corrected chi connectivity index (χ4v) is 7.93. The number of benzene rings is 9. The molecule has 11 rings (SSSR count). The number of oxazole rings is 1. The molecule has 0 spiro atoms. The van der Waals surface area contributed by atoms with Crippen molar-refractivity contribution >= 4 is 82.4 Å². The minimum atomic E-state index is 0.581. The van der Waals surface area contributed by atoms with Gasteiger partial charge in [0.25, 0.3) is 0 Å². The third-order valence-corrected chi connectivity index (χ3v) is 10.5. The van der Waals surface area contributed by atoms with Crippen molar-refractivity contribution in [3.05, 3.63) is 182 Å². The molecule has 0 aliphatic heterocycles. The van der Waals surface area contributed by atoms with Crippen molar-refractivity contribution in [2.45, 2.75) is 0 Å². The molecule has 4 heteroatoms. The molecule has 11 aromatic rings. The maximum absolute atomic E-state index is 6.61. The molecule has 0 saturated heterocycles. The number of hydrogen-bond donors (Lipinski definition) is 0. The first-order valence-electron chi connectivity index (χ1n) is 17.9. The molecule has 9 aromatic carbocycles. The Morgan fingerprint density at radius 3 is 1.91 bits per heavy atom. The van der Waals surface area contributed by atoms with Gasteiger partial charge in [0, 0.05) is 44.9 Å². The smallest absolute Gasteiger partial charge is 0.228 e. The fourth-order valence-electron chi connectivity index (χ4n) is 7.93. The number of nitrogens with zero attached hydrogens (tertiary/aromatic N) is 2. The van der Waals surface area contributed by atoms with Gasteiger partial charge in [0.05, 0.1) is 0 Å². The zero-order valence-electron chi connectivity index (χ0n) is 28.5. The number of hydrogen-bond acceptors (Lipinski definition) is 4. The van der Waals surface area contributed by atoms with Crippen LogP contribution in [0.2, 0.25) is 0 Å². The first kappa shape index (κ1) is 29.5. The predicted octanol–water partition coefficient (Wildman–Crippen LogP) is 14.0. The van der Waals surface area contributed by atoms with Gasteiger partial charge in [-0.1, -0.05) is 121 Å². The molecular formula is C49H30N2O2. The Kier molecular flexibility index (Phi) is 6.52. The number of furan rings is 1. The van der Waals surface area contributed by atoms with Gasteiger partial charge in [-0.2, -0.15) is 0 Å². The molecule has 0 radical (unpaired) electrons. The van der Waals surface area contributed by atoms with Gasteiger partial charge in [-0.3, -0.25) is 0 Å². The van der Waals surface area contributed by atoms with Gasteiger partial charge in [0.15, 0.2) is 5.58 Å². The Morgan fingerprint density at radius 1 is 0.396 bits per heavy atom. The van der Waals surface area contributed by atoms with Crippen LogP contribution < -0.4 is 4.90 Å². The second-order valence-corrected chi connectivity index (χ2v) is 13.6. The van der Waals surface area contributed by atoms with Gasteiger partial charge in [-0.15, -0.1) is 0 Å². The molecule has 0 N–H and O–H groups in total. The molecule has 0 saturated carbocycles. The number of fused-ring (bicyclic) bond motifs is 8. The zero-order chi connectivity index (χ0) is 34.9. The van der Waals surface area contributed by atoms with Crippen LogP contribution >= 0.6 is 0 Å². The molecular weight excluding hydrogens is 649 g/mol. The van der Waals surface area contributed by atoms with Crippen molar-refractivity contribution < 1.29 is 8.83 Å². The topological polar surface area (TPSA) is 42.4 Å². The average Bonchev–Trinajstić information content (AvgIpc) is 3.83. The molecule has 0 fully saturated rings. The van der Waals surface area contributed by atoms with E-state index in [0.29, 0.717) is 5.89 Å². The van der Waals surface area contributed by atoms with E-state index in [1.807, 2.05) is 30.3 Å². The molecule has 53 heavy (non-hydrogen) atoms. The number of aromatic nitrogens is 1. The lowest BCUT2D eigenvalue weighted by atomic mass is 9.98. The molecule has 2 aromatic heterocycles. The second-order valence-electron chi connectivity index (χ2n) is 13.6. The van der Waals surface area contributed by atoms with Crippen molar-refractivity contribution in [2.24, 2.45) is 0 Å². The van der Waals surface area contributed by atoms with Crippen molar-refractivity contribution in [3.63, 3.8) is 0 Å². The first-order chi connectivity index (χ1) is 26.2. The standard InChI is InChI=1S/C49H30N2O2/c1-2-12-35-29-37(25-19-31(35)9-1)51(36-23-20-34(21-24-36)40-16-7-13-32-10-3-5-14-39(32)40)38-26-27-42-46(30-38)52-45-18-8-17-43(47(42)45)49-50-44-28-22-33-11-4-6-15-41(33)48(44)53-49/h1-30H. The van der Waals surface area contributed by atoms with E-state index in [1.54, 1.807) is 0 Å². The quantitative estimate of drug-likeness (QED) is 0.182. The van der Waals surface area contributed by atoms with Crippen molar-refractivity contribution in [1.29, 1.82) is 0 Å². The van der Waals surface area contributed by atoms with Crippen LogP contribution in [-0.4, -0.2) is 4.98 Å². The minimum Gasteiger partial charge on any atom is -0.456 e. The van der Waals surface area contributed by atoms with Crippen molar-refractivity contribution in [3.8, 4) is 22.6 Å². The first-order valence-corrected chi connectivity index (χ1v) is 17.9. The third kappa shape index (κ3) is 4.80. The highest BCUT2D eigenvalue weighted by atomic mass is 16.3. The molecule has 248 valence electrons. The van der Waals surface area contributed by atoms with Crippen LogP contribution in [0, 0.1) is 0 Å². The maximum atomic E-state index is 6.61. The maximum Gasteiger partial charge on any atom is 0.228 e. The summed E-state index contributed by atoms with van der Waals surface area (Å²) in [5, 5.41) is 9.04. The summed E-state index contributed by atoms with van der Waals surface area (Å²) in [6.45, 7) is 0. The SMILES string of the molecule is c1ccc2cc(N(c3ccc(-c4cccc5ccccc45)cc3)c3ccc4c(c3)oc3cccc(-c5nc6ccc7ccccc7c6o5)c34)ccc2c1. The van der Waals surface area contributed by atoms with Gasteiger partial charge in [0.1, 0.15) is 16.7 Å². The van der Waals surface area contributed by atoms with Crippen molar-refractivity contribution in [1.82, 2.24) is 4.98 Å². The highest BCUT2D eigenvalue weighted by Crippen LogP contribution is 2.43. The van der Waals surface area contributed by atoms with E-state index >= 15 is 0 Å². The van der Waals surface area contributed by atoms with Crippen molar-refractivity contribution in [2.75, 3.05) is 4.90 Å². The van der Waals surface area contributed by atoms with Gasteiger partial charge >= 0.3 is 0 Å². The van der Waals surface area contributed by atoms with Crippen LogP contribution in [-0.2, 0) is 0 Å². The molecule has 0 atom stereocenters. The molecule has 2 heterocycles. The molecule has 0 unspecified atom stereocenters. The van der Waals surface area contributed by atoms with Gasteiger partial charge in [0.2, 0.25) is 5.89 Å². The highest BCUT2D eigenvalue weighted by Gasteiger charge is 2.20. The van der Waals surface area contributed by atoms with E-state index < -0.39 is 0 Å². The molecule has 4 nitrogen and oxygen atoms in total. The molecule has 0 amide bonds. The summed E-state index contributed by atoms with van der Waals surface area (Å²) in [6, 6.07) is 64.0. The Labute approximate surface area is 304 Å². The second kappa shape index (κ2) is 11.7. The van der Waals surface area contributed by atoms with Crippen LogP contribution in [0.5, 0.6) is 0 Å². The van der Waals surface area contributed by atoms with Crippen LogP contribution in [0.3, 0.4) is 0 Å². The van der Waals surface area contributed by atoms with Crippen LogP contribution in [0.25, 0.3) is 87.9 Å². The lowest BCUT2D eigenvalue weighted by Crippen LogP contribution is -2.09. The fraction of sp³-hybridized carbons (Fsp3) is 0. The number of rotatable bonds is 5. The summed E-state index contributed by atoms with van der Waals surface area (Å²) in [7, 11) is 0. The van der Waals surface area contributed by atoms with Crippen LogP contribution in [0.1, 0.15) is 0 Å². The third-order valence-electron chi connectivity index (χ3n) is 10.5. The van der Waals surface area contributed by atoms with E-state index in [1.165, 1.54) is 32.7 Å². The van der Waals surface area contributed by atoms with E-state index in [2.05, 4.69) is 157 Å². The Balaban J connectivity index is 1.06. The Morgan fingerprint density at radius 2 is 1.04 bits per heavy atom. The number of anilines is 3. The molecule has 0 aliphatic carbocycles. The minimum absolute atomic E-state index is 0.581. The summed E-state index contributed by atoms with van der Waals surface area (Å²) in [6.07, 6.45) is 0. The van der Waals surface area contributed by atoms with Gasteiger partial charge in [-0.05, 0) is 92.7 Å². The summed E-state index contributed by atoms with van der Waals surface area (Å²) >= 11 is 0. The monoisotopic (exact) mass is 678 g/mol. The highest BCUT2D eigenvalue weighted by molar-refractivity contribution is 6.13. The molecule has 0 bridgehead atoms. The van der Waals surface area contributed by atoms with E-state index in [4.69, 9.17) is 13.8 Å². The van der Waals surface area contributed by atoms with Crippen LogP contribution in [0.15, 0.2) is 191 Å². The largest absolute Gasteiger partial charge is 0.456 e. The summed E-state index contributed by atoms with van der Waals surface area (Å²) in [4.78, 5) is 7.25. The van der Waals surface area contributed by atoms with Gasteiger partial charge in [-0.25, -0.2) is 4.98 Å². The van der Waals surface area contributed by atoms with E-state index in [0.717, 1.165) is 66.4 Å². The lowest BCUT2D eigenvalue weighted by Gasteiger charge is -2.26. The normalized spacial score (nSPS) is 11.8.